The third-order valence-corrected chi connectivity index (χ3v) is 11.0. The zero-order chi connectivity index (χ0) is 44.3. The van der Waals surface area contributed by atoms with E-state index in [4.69, 9.17) is 9.05 Å². The first kappa shape index (κ1) is 57.7. The van der Waals surface area contributed by atoms with Crippen LogP contribution in [-0.4, -0.2) is 68.5 Å². The summed E-state index contributed by atoms with van der Waals surface area (Å²) < 4.78 is 23.2. The van der Waals surface area contributed by atoms with Gasteiger partial charge in [-0.3, -0.25) is 9.36 Å². The number of carbonyl (C=O) groups is 1. The maximum Gasteiger partial charge on any atom is 0.268 e. The number of nitrogens with zero attached hydrogens (tertiary/aromatic N) is 1. The van der Waals surface area contributed by atoms with Gasteiger partial charge in [0.1, 0.15) is 13.2 Å². The smallest absolute Gasteiger partial charge is 0.268 e. The van der Waals surface area contributed by atoms with Gasteiger partial charge in [0.05, 0.1) is 39.9 Å². The monoisotopic (exact) mass is 859 g/mol. The third-order valence-electron chi connectivity index (χ3n) is 10.1. The van der Waals surface area contributed by atoms with Crippen molar-refractivity contribution in [3.8, 4) is 0 Å². The largest absolute Gasteiger partial charge is 0.756 e. The molecule has 1 amide bonds. The number of likely N-dealkylation sites (N-methyl/N-ethyl adjacent to an activating group) is 1. The Bertz CT molecular complexity index is 1250. The zero-order valence-corrected chi connectivity index (χ0v) is 40.0. The van der Waals surface area contributed by atoms with E-state index < -0.39 is 26.6 Å². The van der Waals surface area contributed by atoms with Crippen molar-refractivity contribution in [2.75, 3.05) is 40.9 Å². The SMILES string of the molecule is CC/C=C\C/C=C\C/C=C\C/C=C\CCCCCCCCCCC(=O)NC(COP(=O)([O-])OCC[N+](C)(C)C)C(O)/C=C/CC/C=C/CC/C=C/CCCCCCCCC. The Morgan fingerprint density at radius 1 is 0.600 bits per heavy atom. The molecule has 8 nitrogen and oxygen atoms in total. The van der Waals surface area contributed by atoms with Gasteiger partial charge in [-0.2, -0.15) is 0 Å². The van der Waals surface area contributed by atoms with Gasteiger partial charge in [-0.05, 0) is 83.5 Å². The number of nitrogens with one attached hydrogen (secondary N) is 1. The van der Waals surface area contributed by atoms with Gasteiger partial charge in [-0.1, -0.05) is 176 Å². The minimum Gasteiger partial charge on any atom is -0.756 e. The maximum atomic E-state index is 12.9. The predicted octanol–water partition coefficient (Wildman–Crippen LogP) is 13.1. The van der Waals surface area contributed by atoms with Gasteiger partial charge in [-0.15, -0.1) is 0 Å². The number of hydrogen-bond acceptors (Lipinski definition) is 6. The molecule has 0 saturated heterocycles. The van der Waals surface area contributed by atoms with Gasteiger partial charge in [0.15, 0.2) is 0 Å². The first-order valence-corrected chi connectivity index (χ1v) is 25.4. The van der Waals surface area contributed by atoms with Crippen molar-refractivity contribution < 1.29 is 32.9 Å². The van der Waals surface area contributed by atoms with Crippen molar-refractivity contribution in [1.29, 1.82) is 0 Å². The van der Waals surface area contributed by atoms with Crippen LogP contribution in [0.2, 0.25) is 0 Å². The number of allylic oxidation sites excluding steroid dienone is 13. The van der Waals surface area contributed by atoms with Gasteiger partial charge in [0.25, 0.3) is 7.82 Å². The first-order valence-electron chi connectivity index (χ1n) is 23.9. The van der Waals surface area contributed by atoms with Crippen molar-refractivity contribution in [3.05, 3.63) is 85.1 Å². The van der Waals surface area contributed by atoms with Crippen LogP contribution in [0, 0.1) is 0 Å². The Hall–Kier alpha value is -2.32. The summed E-state index contributed by atoms with van der Waals surface area (Å²) in [5, 5.41) is 13.8. The van der Waals surface area contributed by atoms with E-state index in [1.807, 2.05) is 27.2 Å². The molecule has 60 heavy (non-hydrogen) atoms. The summed E-state index contributed by atoms with van der Waals surface area (Å²) in [4.78, 5) is 25.4. The van der Waals surface area contributed by atoms with Crippen LogP contribution in [0.15, 0.2) is 85.1 Å². The van der Waals surface area contributed by atoms with Crippen LogP contribution in [0.4, 0.5) is 0 Å². The van der Waals surface area contributed by atoms with Crippen molar-refractivity contribution in [1.82, 2.24) is 5.32 Å². The van der Waals surface area contributed by atoms with E-state index in [-0.39, 0.29) is 12.5 Å². The number of phosphoric acid groups is 1. The summed E-state index contributed by atoms with van der Waals surface area (Å²) in [6.45, 7) is 4.47. The van der Waals surface area contributed by atoms with Gasteiger partial charge in [-0.25, -0.2) is 0 Å². The van der Waals surface area contributed by atoms with Crippen LogP contribution in [-0.2, 0) is 18.4 Å². The number of aliphatic hydroxyl groups excluding tert-OH is 1. The van der Waals surface area contributed by atoms with E-state index in [0.717, 1.165) is 83.5 Å². The van der Waals surface area contributed by atoms with Crippen molar-refractivity contribution in [2.45, 2.75) is 193 Å². The molecule has 0 heterocycles. The molecule has 0 aliphatic carbocycles. The highest BCUT2D eigenvalue weighted by molar-refractivity contribution is 7.45. The van der Waals surface area contributed by atoms with Crippen LogP contribution in [0.3, 0.4) is 0 Å². The second-order valence-electron chi connectivity index (χ2n) is 17.1. The summed E-state index contributed by atoms with van der Waals surface area (Å²) in [6, 6.07) is -0.918. The summed E-state index contributed by atoms with van der Waals surface area (Å²) in [5.74, 6) is -0.224. The van der Waals surface area contributed by atoms with E-state index in [0.29, 0.717) is 17.4 Å². The van der Waals surface area contributed by atoms with Crippen LogP contribution < -0.4 is 10.2 Å². The molecule has 2 N–H and O–H groups in total. The highest BCUT2D eigenvalue weighted by Gasteiger charge is 2.23. The Labute approximate surface area is 369 Å². The molecule has 0 fully saturated rings. The van der Waals surface area contributed by atoms with E-state index in [9.17, 15) is 19.4 Å². The number of aliphatic hydroxyl groups is 1. The van der Waals surface area contributed by atoms with Crippen LogP contribution in [0.5, 0.6) is 0 Å². The fraction of sp³-hybridized carbons (Fsp3) is 0.706. The molecule has 3 unspecified atom stereocenters. The Balaban J connectivity index is 4.46. The highest BCUT2D eigenvalue weighted by atomic mass is 31.2. The van der Waals surface area contributed by atoms with E-state index in [1.54, 1.807) is 6.08 Å². The molecule has 0 bridgehead atoms. The normalized spacial score (nSPS) is 15.0. The van der Waals surface area contributed by atoms with Crippen LogP contribution in [0.25, 0.3) is 0 Å². The molecule has 0 aliphatic heterocycles. The summed E-state index contributed by atoms with van der Waals surface area (Å²) in [5.41, 5.74) is 0. The average Bonchev–Trinajstić information content (AvgIpc) is 3.20. The second kappa shape index (κ2) is 42.0. The summed E-state index contributed by atoms with van der Waals surface area (Å²) >= 11 is 0. The molecule has 0 saturated carbocycles. The minimum absolute atomic E-state index is 0.0150. The van der Waals surface area contributed by atoms with Crippen LogP contribution in [0.1, 0.15) is 181 Å². The average molecular weight is 859 g/mol. The highest BCUT2D eigenvalue weighted by Crippen LogP contribution is 2.38. The molecule has 3 atom stereocenters. The van der Waals surface area contributed by atoms with E-state index in [2.05, 4.69) is 92.1 Å². The van der Waals surface area contributed by atoms with E-state index >= 15 is 0 Å². The van der Waals surface area contributed by atoms with Crippen molar-refractivity contribution >= 4 is 13.7 Å². The van der Waals surface area contributed by atoms with Gasteiger partial charge in [0, 0.05) is 6.42 Å². The number of amides is 1. The number of carbonyl (C=O) groups excluding carboxylic acids is 1. The standard InChI is InChI=1S/C51H91N2O6P/c1-6-8-10-12-14-16-18-20-22-24-25-26-27-29-31-33-35-37-39-41-43-45-51(55)52-49(48-59-60(56,57)58-47-46-53(3,4)5)50(54)44-42-40-38-36-34-32-30-28-23-21-19-17-15-13-11-9-7-2/h8,10,14,16,20,22-23,25-26,28,34,36,42,44,49-50,54H,6-7,9,11-13,15,17-19,21,24,27,29-33,35,37-41,43,45-48H2,1-5H3,(H-,52,55,56,57)/b10-8-,16-14-,22-20-,26-25-,28-23+,36-34+,44-42+. The molecule has 0 spiro atoms. The summed E-state index contributed by atoms with van der Waals surface area (Å²) in [7, 11) is 1.21. The maximum absolute atomic E-state index is 12.9. The zero-order valence-electron chi connectivity index (χ0n) is 39.1. The number of phosphoric ester groups is 1. The molecular formula is C51H91N2O6P. The number of quaternary nitrogens is 1. The predicted molar refractivity (Wildman–Crippen MR) is 256 cm³/mol. The van der Waals surface area contributed by atoms with Crippen molar-refractivity contribution in [3.63, 3.8) is 0 Å². The molecule has 0 radical (unpaired) electrons. The van der Waals surface area contributed by atoms with Gasteiger partial charge < -0.3 is 28.8 Å². The number of unbranched alkanes of at least 4 members (excludes halogenated alkanes) is 17. The Morgan fingerprint density at radius 2 is 1.03 bits per heavy atom. The lowest BCUT2D eigenvalue weighted by molar-refractivity contribution is -0.870. The van der Waals surface area contributed by atoms with Gasteiger partial charge >= 0.3 is 0 Å². The summed E-state index contributed by atoms with van der Waals surface area (Å²) in [6.07, 6.45) is 57.7. The Kier molecular flexibility index (Phi) is 40.4. The molecule has 0 aliphatic rings. The quantitative estimate of drug-likeness (QED) is 0.0274. The Morgan fingerprint density at radius 3 is 1.55 bits per heavy atom. The molecular weight excluding hydrogens is 768 g/mol. The first-order chi connectivity index (χ1) is 29.0. The molecule has 346 valence electrons. The molecule has 0 rings (SSSR count). The van der Waals surface area contributed by atoms with E-state index in [1.165, 1.54) is 77.0 Å². The number of rotatable bonds is 42. The molecule has 0 aromatic carbocycles. The van der Waals surface area contributed by atoms with Gasteiger partial charge in [0.2, 0.25) is 5.91 Å². The number of hydrogen-bond donors (Lipinski definition) is 2. The second-order valence-corrected chi connectivity index (χ2v) is 18.5. The fourth-order valence-electron chi connectivity index (χ4n) is 6.29. The lowest BCUT2D eigenvalue weighted by Gasteiger charge is -2.29. The molecule has 0 aromatic rings. The molecule has 0 aromatic heterocycles. The molecule has 9 heteroatoms. The van der Waals surface area contributed by atoms with Crippen LogP contribution >= 0.6 is 7.82 Å². The minimum atomic E-state index is -4.61. The third kappa shape index (κ3) is 43.8. The lowest BCUT2D eigenvalue weighted by Crippen LogP contribution is -2.45. The fourth-order valence-corrected chi connectivity index (χ4v) is 7.01. The van der Waals surface area contributed by atoms with Crippen molar-refractivity contribution in [2.24, 2.45) is 0 Å². The topological polar surface area (TPSA) is 108 Å². The lowest BCUT2D eigenvalue weighted by atomic mass is 10.1.